The molecule has 0 bridgehead atoms. The molecular weight excluding hydrogens is 397 g/mol. The van der Waals surface area contributed by atoms with Crippen molar-refractivity contribution in [3.63, 3.8) is 0 Å². The van der Waals surface area contributed by atoms with Crippen LogP contribution in [-0.2, 0) is 13.8 Å². The van der Waals surface area contributed by atoms with E-state index in [0.29, 0.717) is 12.1 Å². The largest absolute Gasteiger partial charge is 0.469 e. The molecule has 2 aliphatic heterocycles. The van der Waals surface area contributed by atoms with Crippen molar-refractivity contribution in [3.05, 3.63) is 12.0 Å². The number of aliphatic hydroxyl groups is 3. The Balaban J connectivity index is 1.78. The standard InChI is InChI=1S/C14H24N5O8P/c1-2-3-8(20)18-6-17-13-9(12(18)15)16-5-19(13)14-11(22)10(21)7(27-14)4-26-28(23,24)25/h5-8,10-12,14,20-22H,2-4,15H2,1H3,(H2,23,24,25)/t7-,8?,10?,11?,12?,14-/m1/s1. The lowest BCUT2D eigenvalue weighted by atomic mass is 10.1. The molecule has 158 valence electrons. The van der Waals surface area contributed by atoms with Gasteiger partial charge in [0.25, 0.3) is 0 Å². The quantitative estimate of drug-likeness (QED) is 0.285. The van der Waals surface area contributed by atoms with E-state index in [2.05, 4.69) is 14.5 Å². The molecule has 0 radical (unpaired) electrons. The van der Waals surface area contributed by atoms with Crippen LogP contribution in [0.5, 0.6) is 0 Å². The van der Waals surface area contributed by atoms with Gasteiger partial charge in [-0.2, -0.15) is 0 Å². The minimum Gasteiger partial charge on any atom is -0.387 e. The van der Waals surface area contributed by atoms with Gasteiger partial charge in [0.15, 0.2) is 12.0 Å². The molecule has 0 spiro atoms. The van der Waals surface area contributed by atoms with E-state index < -0.39 is 51.4 Å². The lowest BCUT2D eigenvalue weighted by molar-refractivity contribution is -0.0514. The molecule has 3 rings (SSSR count). The number of nitrogens with two attached hydrogens (primary N) is 1. The number of phosphoric acid groups is 1. The van der Waals surface area contributed by atoms with Crippen molar-refractivity contribution in [2.75, 3.05) is 6.61 Å². The number of aromatic nitrogens is 2. The average molecular weight is 421 g/mol. The molecule has 28 heavy (non-hydrogen) atoms. The summed E-state index contributed by atoms with van der Waals surface area (Å²) in [5.41, 5.74) is 6.50. The lowest BCUT2D eigenvalue weighted by Crippen LogP contribution is -2.43. The van der Waals surface area contributed by atoms with Gasteiger partial charge in [-0.3, -0.25) is 9.09 Å². The molecular formula is C14H24N5O8P. The van der Waals surface area contributed by atoms with Crippen molar-refractivity contribution < 1.29 is 38.9 Å². The van der Waals surface area contributed by atoms with E-state index in [4.69, 9.17) is 20.3 Å². The van der Waals surface area contributed by atoms with Gasteiger partial charge >= 0.3 is 7.82 Å². The van der Waals surface area contributed by atoms with Crippen molar-refractivity contribution in [1.29, 1.82) is 0 Å². The SMILES string of the molecule is CCCC(O)N1C=Nc2c(ncn2[C@@H]2O[C@H](COP(=O)(O)O)C(O)C2O)C1N. The third kappa shape index (κ3) is 4.13. The number of hydrogen-bond acceptors (Lipinski definition) is 10. The van der Waals surface area contributed by atoms with Crippen LogP contribution in [0.3, 0.4) is 0 Å². The highest BCUT2D eigenvalue weighted by Crippen LogP contribution is 2.40. The first-order valence-electron chi connectivity index (χ1n) is 8.67. The van der Waals surface area contributed by atoms with Gasteiger partial charge in [0.05, 0.1) is 19.3 Å². The molecule has 1 fully saturated rings. The fraction of sp³-hybridized carbons (Fsp3) is 0.714. The van der Waals surface area contributed by atoms with Gasteiger partial charge in [-0.05, 0) is 6.42 Å². The highest BCUT2D eigenvalue weighted by Gasteiger charge is 2.46. The average Bonchev–Trinajstić information content (AvgIpc) is 3.16. The second kappa shape index (κ2) is 8.14. The Kier molecular flexibility index (Phi) is 6.20. The van der Waals surface area contributed by atoms with Crippen LogP contribution in [0.25, 0.3) is 0 Å². The fourth-order valence-electron chi connectivity index (χ4n) is 3.17. The van der Waals surface area contributed by atoms with E-state index in [9.17, 15) is 19.9 Å². The number of nitrogens with zero attached hydrogens (tertiary/aromatic N) is 4. The second-order valence-corrected chi connectivity index (χ2v) is 7.84. The van der Waals surface area contributed by atoms with Crippen LogP contribution in [0.4, 0.5) is 5.82 Å². The van der Waals surface area contributed by atoms with Crippen LogP contribution in [0, 0.1) is 0 Å². The number of rotatable bonds is 7. The van der Waals surface area contributed by atoms with Crippen molar-refractivity contribution in [2.45, 2.75) is 56.7 Å². The Labute approximate surface area is 160 Å². The number of hydrogen-bond donors (Lipinski definition) is 6. The Hall–Kier alpha value is -1.41. The summed E-state index contributed by atoms with van der Waals surface area (Å²) < 4.78 is 22.1. The number of fused-ring (bicyclic) bond motifs is 1. The molecule has 2 aliphatic rings. The molecule has 13 nitrogen and oxygen atoms in total. The van der Waals surface area contributed by atoms with Crippen LogP contribution in [0.1, 0.15) is 37.9 Å². The minimum atomic E-state index is -4.75. The lowest BCUT2D eigenvalue weighted by Gasteiger charge is -2.33. The van der Waals surface area contributed by atoms with Crippen LogP contribution >= 0.6 is 7.82 Å². The molecule has 6 atom stereocenters. The third-order valence-corrected chi connectivity index (χ3v) is 5.10. The van der Waals surface area contributed by atoms with Gasteiger partial charge in [0.2, 0.25) is 0 Å². The number of ether oxygens (including phenoxy) is 1. The first-order chi connectivity index (χ1) is 13.1. The molecule has 0 amide bonds. The van der Waals surface area contributed by atoms with Crippen molar-refractivity contribution in [3.8, 4) is 0 Å². The van der Waals surface area contributed by atoms with Crippen LogP contribution < -0.4 is 5.73 Å². The highest BCUT2D eigenvalue weighted by molar-refractivity contribution is 7.46. The van der Waals surface area contributed by atoms with Gasteiger partial charge in [0, 0.05) is 0 Å². The highest BCUT2D eigenvalue weighted by atomic mass is 31.2. The third-order valence-electron chi connectivity index (χ3n) is 4.62. The van der Waals surface area contributed by atoms with Crippen molar-refractivity contribution in [1.82, 2.24) is 14.5 Å². The molecule has 0 saturated carbocycles. The minimum absolute atomic E-state index is 0.278. The fourth-order valence-corrected chi connectivity index (χ4v) is 3.51. The normalized spacial score (nSPS) is 31.2. The number of phosphoric ester groups is 1. The van der Waals surface area contributed by atoms with E-state index in [0.717, 1.165) is 6.42 Å². The predicted octanol–water partition coefficient (Wildman–Crippen LogP) is -1.34. The van der Waals surface area contributed by atoms with E-state index >= 15 is 0 Å². The maximum absolute atomic E-state index is 10.8. The Morgan fingerprint density at radius 3 is 2.75 bits per heavy atom. The van der Waals surface area contributed by atoms with Crippen molar-refractivity contribution >= 4 is 20.0 Å². The molecule has 0 aliphatic carbocycles. The monoisotopic (exact) mass is 421 g/mol. The molecule has 4 unspecified atom stereocenters. The topological polar surface area (TPSA) is 196 Å². The number of imidazole rings is 1. The molecule has 14 heteroatoms. The van der Waals surface area contributed by atoms with E-state index in [1.165, 1.54) is 22.1 Å². The summed E-state index contributed by atoms with van der Waals surface area (Å²) in [6.45, 7) is 1.31. The molecule has 7 N–H and O–H groups in total. The molecule has 3 heterocycles. The summed E-state index contributed by atoms with van der Waals surface area (Å²) in [4.78, 5) is 27.5. The second-order valence-electron chi connectivity index (χ2n) is 6.60. The Morgan fingerprint density at radius 2 is 2.11 bits per heavy atom. The molecule has 1 aromatic heterocycles. The Bertz CT molecular complexity index is 769. The summed E-state index contributed by atoms with van der Waals surface area (Å²) in [6, 6.07) is 0. The summed E-state index contributed by atoms with van der Waals surface area (Å²) in [7, 11) is -4.75. The zero-order chi connectivity index (χ0) is 20.6. The Morgan fingerprint density at radius 1 is 1.39 bits per heavy atom. The van der Waals surface area contributed by atoms with Crippen molar-refractivity contribution in [2.24, 2.45) is 10.7 Å². The van der Waals surface area contributed by atoms with Gasteiger partial charge in [0.1, 0.15) is 36.4 Å². The number of aliphatic hydroxyl groups excluding tert-OH is 3. The van der Waals surface area contributed by atoms with Gasteiger partial charge in [-0.1, -0.05) is 13.3 Å². The summed E-state index contributed by atoms with van der Waals surface area (Å²) in [5.74, 6) is 0.278. The van der Waals surface area contributed by atoms with Gasteiger partial charge in [-0.25, -0.2) is 14.5 Å². The molecule has 1 saturated heterocycles. The first kappa shape index (κ1) is 21.3. The number of aliphatic imine (C=N–C) groups is 1. The summed E-state index contributed by atoms with van der Waals surface area (Å²) >= 11 is 0. The van der Waals surface area contributed by atoms with Gasteiger partial charge < -0.3 is 40.5 Å². The maximum atomic E-state index is 10.8. The van der Waals surface area contributed by atoms with E-state index in [1.807, 2.05) is 6.92 Å². The van der Waals surface area contributed by atoms with Gasteiger partial charge in [-0.15, -0.1) is 0 Å². The zero-order valence-corrected chi connectivity index (χ0v) is 15.9. The summed E-state index contributed by atoms with van der Waals surface area (Å²) in [5, 5.41) is 30.6. The van der Waals surface area contributed by atoms with E-state index in [-0.39, 0.29) is 5.82 Å². The van der Waals surface area contributed by atoms with Crippen LogP contribution in [0.15, 0.2) is 11.3 Å². The summed E-state index contributed by atoms with van der Waals surface area (Å²) in [6.07, 6.45) is -2.81. The predicted molar refractivity (Wildman–Crippen MR) is 94.0 cm³/mol. The molecule has 1 aromatic rings. The smallest absolute Gasteiger partial charge is 0.387 e. The maximum Gasteiger partial charge on any atom is 0.469 e. The molecule has 0 aromatic carbocycles. The van der Waals surface area contributed by atoms with E-state index in [1.54, 1.807) is 0 Å². The zero-order valence-electron chi connectivity index (χ0n) is 15.0. The first-order valence-corrected chi connectivity index (χ1v) is 10.2. The van der Waals surface area contributed by atoms with Crippen LogP contribution in [0.2, 0.25) is 0 Å². The van der Waals surface area contributed by atoms with Crippen LogP contribution in [-0.4, -0.2) is 77.0 Å².